The topological polar surface area (TPSA) is 43.4 Å². The molecule has 0 aliphatic rings. The summed E-state index contributed by atoms with van der Waals surface area (Å²) in [6.07, 6.45) is 34.5. The maximum atomic E-state index is 11.9. The summed E-state index contributed by atoms with van der Waals surface area (Å²) in [5, 5.41) is 0.729. The van der Waals surface area contributed by atoms with Gasteiger partial charge in [-0.05, 0) is 38.5 Å². The molecule has 0 amide bonds. The molecule has 3 nitrogen and oxygen atoms in total. The van der Waals surface area contributed by atoms with E-state index in [0.29, 0.717) is 23.6 Å². The predicted octanol–water partition coefficient (Wildman–Crippen LogP) is 13.0. The Morgan fingerprint density at radius 1 is 0.415 bits per heavy atom. The van der Waals surface area contributed by atoms with Gasteiger partial charge in [0.25, 0.3) is 0 Å². The third-order valence-electron chi connectivity index (χ3n) is 8.27. The van der Waals surface area contributed by atoms with Crippen LogP contribution in [0.1, 0.15) is 206 Å². The van der Waals surface area contributed by atoms with E-state index in [0.717, 1.165) is 51.4 Å². The predicted molar refractivity (Wildman–Crippen MR) is 180 cm³/mol. The Labute approximate surface area is 266 Å². The van der Waals surface area contributed by atoms with Gasteiger partial charge in [0.05, 0.1) is 0 Å². The Kier molecular flexibility index (Phi) is 32.4. The van der Waals surface area contributed by atoms with Crippen molar-refractivity contribution >= 4 is 35.1 Å². The standard InChI is InChI=1S/C36H68Cl2O3/c1-3-5-7-21-27-33(37)29-23-17-13-9-11-15-19-25-31-35(39)41-36(40)32-26-20-16-12-10-14-18-24-30-34(38)28-22-8-6-4-2/h33-34H,3-32H2,1-2H3. The van der Waals surface area contributed by atoms with Crippen LogP contribution >= 0.6 is 23.2 Å². The lowest BCUT2D eigenvalue weighted by Gasteiger charge is -2.09. The molecule has 0 aromatic heterocycles. The van der Waals surface area contributed by atoms with Gasteiger partial charge in [-0.15, -0.1) is 23.2 Å². The first-order valence-corrected chi connectivity index (χ1v) is 18.9. The molecule has 0 aromatic rings. The molecule has 0 spiro atoms. The molecule has 0 aliphatic carbocycles. The fourth-order valence-electron chi connectivity index (χ4n) is 5.49. The average Bonchev–Trinajstić information content (AvgIpc) is 2.95. The van der Waals surface area contributed by atoms with Gasteiger partial charge in [-0.2, -0.15) is 0 Å². The van der Waals surface area contributed by atoms with E-state index in [1.165, 1.54) is 128 Å². The monoisotopic (exact) mass is 618 g/mol. The Hall–Kier alpha value is -0.280. The molecule has 0 aromatic carbocycles. The number of rotatable bonds is 32. The SMILES string of the molecule is CCCCCCC(Cl)CCCCCCCCCCC(=O)OC(=O)CCCCCCCCCCC(Cl)CCCCCC. The van der Waals surface area contributed by atoms with Crippen molar-refractivity contribution in [1.29, 1.82) is 0 Å². The summed E-state index contributed by atoms with van der Waals surface area (Å²) >= 11 is 12.9. The molecule has 2 atom stereocenters. The van der Waals surface area contributed by atoms with E-state index < -0.39 is 0 Å². The number of unbranched alkanes of at least 4 members (excludes halogenated alkanes) is 20. The van der Waals surface area contributed by atoms with E-state index in [1.54, 1.807) is 0 Å². The van der Waals surface area contributed by atoms with Gasteiger partial charge >= 0.3 is 11.9 Å². The van der Waals surface area contributed by atoms with Crippen LogP contribution in [0.3, 0.4) is 0 Å². The number of halogens is 2. The lowest BCUT2D eigenvalue weighted by Crippen LogP contribution is -2.11. The van der Waals surface area contributed by atoms with Crippen molar-refractivity contribution in [3.63, 3.8) is 0 Å². The fourth-order valence-corrected chi connectivity index (χ4v) is 6.11. The number of hydrogen-bond donors (Lipinski definition) is 0. The second kappa shape index (κ2) is 32.6. The van der Waals surface area contributed by atoms with Crippen LogP contribution in [0, 0.1) is 0 Å². The van der Waals surface area contributed by atoms with Gasteiger partial charge in [-0.25, -0.2) is 0 Å². The molecule has 0 aliphatic heterocycles. The van der Waals surface area contributed by atoms with E-state index in [9.17, 15) is 9.59 Å². The summed E-state index contributed by atoms with van der Waals surface area (Å²) in [5.74, 6) is -0.694. The van der Waals surface area contributed by atoms with Crippen LogP contribution in [0.2, 0.25) is 0 Å². The molecule has 0 saturated heterocycles. The minimum atomic E-state index is -0.347. The molecule has 0 heterocycles. The molecular weight excluding hydrogens is 551 g/mol. The summed E-state index contributed by atoms with van der Waals surface area (Å²) < 4.78 is 5.01. The van der Waals surface area contributed by atoms with Crippen LogP contribution in [0.15, 0.2) is 0 Å². The normalized spacial score (nSPS) is 12.9. The highest BCUT2D eigenvalue weighted by molar-refractivity contribution is 6.20. The number of carbonyl (C=O) groups excluding carboxylic acids is 2. The lowest BCUT2D eigenvalue weighted by atomic mass is 10.0. The van der Waals surface area contributed by atoms with E-state index in [2.05, 4.69) is 13.8 Å². The van der Waals surface area contributed by atoms with Crippen molar-refractivity contribution in [3.8, 4) is 0 Å². The number of carbonyl (C=O) groups is 2. The van der Waals surface area contributed by atoms with Gasteiger partial charge in [0.2, 0.25) is 0 Å². The zero-order chi connectivity index (χ0) is 30.2. The summed E-state index contributed by atoms with van der Waals surface area (Å²) in [7, 11) is 0. The highest BCUT2D eigenvalue weighted by Crippen LogP contribution is 2.19. The lowest BCUT2D eigenvalue weighted by molar-refractivity contribution is -0.159. The molecule has 0 rings (SSSR count). The molecule has 2 unspecified atom stereocenters. The Balaban J connectivity index is 3.38. The molecule has 244 valence electrons. The third kappa shape index (κ3) is 32.5. The van der Waals surface area contributed by atoms with Crippen molar-refractivity contribution in [3.05, 3.63) is 0 Å². The van der Waals surface area contributed by atoms with Crippen molar-refractivity contribution in [1.82, 2.24) is 0 Å². The van der Waals surface area contributed by atoms with Gasteiger partial charge < -0.3 is 4.74 Å². The van der Waals surface area contributed by atoms with Crippen LogP contribution in [0.4, 0.5) is 0 Å². The summed E-state index contributed by atoms with van der Waals surface area (Å²) in [5.41, 5.74) is 0. The Morgan fingerprint density at radius 3 is 0.951 bits per heavy atom. The van der Waals surface area contributed by atoms with Crippen molar-refractivity contribution in [2.24, 2.45) is 0 Å². The fraction of sp³-hybridized carbons (Fsp3) is 0.944. The molecule has 0 N–H and O–H groups in total. The first-order chi connectivity index (χ1) is 20.0. The zero-order valence-corrected chi connectivity index (χ0v) is 28.9. The minimum Gasteiger partial charge on any atom is -0.393 e. The Morgan fingerprint density at radius 2 is 0.659 bits per heavy atom. The highest BCUT2D eigenvalue weighted by Gasteiger charge is 2.10. The van der Waals surface area contributed by atoms with E-state index in [-0.39, 0.29) is 11.9 Å². The molecule has 41 heavy (non-hydrogen) atoms. The number of esters is 2. The minimum absolute atomic E-state index is 0.347. The van der Waals surface area contributed by atoms with Crippen molar-refractivity contribution in [2.45, 2.75) is 217 Å². The summed E-state index contributed by atoms with van der Waals surface area (Å²) in [6, 6.07) is 0. The van der Waals surface area contributed by atoms with Crippen LogP contribution in [0.5, 0.6) is 0 Å². The third-order valence-corrected chi connectivity index (χ3v) is 9.14. The quantitative estimate of drug-likeness (QED) is 0.0326. The molecular formula is C36H68Cl2O3. The van der Waals surface area contributed by atoms with Crippen LogP contribution in [0.25, 0.3) is 0 Å². The number of alkyl halides is 2. The first kappa shape index (κ1) is 40.7. The van der Waals surface area contributed by atoms with E-state index in [1.807, 2.05) is 0 Å². The van der Waals surface area contributed by atoms with Crippen molar-refractivity contribution in [2.75, 3.05) is 0 Å². The maximum absolute atomic E-state index is 11.9. The van der Waals surface area contributed by atoms with Crippen molar-refractivity contribution < 1.29 is 14.3 Å². The van der Waals surface area contributed by atoms with Gasteiger partial charge in [-0.1, -0.05) is 155 Å². The maximum Gasteiger partial charge on any atom is 0.313 e. The molecule has 5 heteroatoms. The second-order valence-electron chi connectivity index (χ2n) is 12.5. The van der Waals surface area contributed by atoms with Crippen LogP contribution < -0.4 is 0 Å². The molecule has 0 fully saturated rings. The molecule has 0 bridgehead atoms. The van der Waals surface area contributed by atoms with Crippen LogP contribution in [-0.4, -0.2) is 22.7 Å². The largest absolute Gasteiger partial charge is 0.393 e. The summed E-state index contributed by atoms with van der Waals surface area (Å²) in [6.45, 7) is 4.49. The smallest absolute Gasteiger partial charge is 0.313 e. The Bertz CT molecular complexity index is 521. The van der Waals surface area contributed by atoms with Gasteiger partial charge in [-0.3, -0.25) is 9.59 Å². The average molecular weight is 620 g/mol. The number of hydrogen-bond acceptors (Lipinski definition) is 3. The zero-order valence-electron chi connectivity index (χ0n) is 27.3. The summed E-state index contributed by atoms with van der Waals surface area (Å²) in [4.78, 5) is 23.9. The molecule has 0 saturated carbocycles. The molecule has 0 radical (unpaired) electrons. The second-order valence-corrected chi connectivity index (χ2v) is 13.7. The van der Waals surface area contributed by atoms with Crippen LogP contribution in [-0.2, 0) is 14.3 Å². The number of ether oxygens (including phenoxy) is 1. The van der Waals surface area contributed by atoms with E-state index >= 15 is 0 Å². The highest BCUT2D eigenvalue weighted by atomic mass is 35.5. The van der Waals surface area contributed by atoms with Gasteiger partial charge in [0, 0.05) is 23.6 Å². The first-order valence-electron chi connectivity index (χ1n) is 18.0. The van der Waals surface area contributed by atoms with Gasteiger partial charge in [0.1, 0.15) is 0 Å². The van der Waals surface area contributed by atoms with E-state index in [4.69, 9.17) is 27.9 Å². The van der Waals surface area contributed by atoms with Gasteiger partial charge in [0.15, 0.2) is 0 Å².